The van der Waals surface area contributed by atoms with Crippen LogP contribution in [0.4, 0.5) is 0 Å². The van der Waals surface area contributed by atoms with E-state index in [0.717, 1.165) is 6.07 Å². The van der Waals surface area contributed by atoms with E-state index in [2.05, 4.69) is 0 Å². The van der Waals surface area contributed by atoms with Gasteiger partial charge in [-0.15, -0.1) is 0 Å². The Kier molecular flexibility index (Phi) is 3.29. The van der Waals surface area contributed by atoms with Crippen LogP contribution in [0.2, 0.25) is 0 Å². The Morgan fingerprint density at radius 1 is 1.14 bits per heavy atom. The number of methoxy groups -OCH3 is 1. The van der Waals surface area contributed by atoms with Gasteiger partial charge in [-0.2, -0.15) is 0 Å². The van der Waals surface area contributed by atoms with Crippen molar-refractivity contribution in [1.29, 1.82) is 0 Å². The number of ketones is 1. The summed E-state index contributed by atoms with van der Waals surface area (Å²) in [6.07, 6.45) is -0.546. The summed E-state index contributed by atoms with van der Waals surface area (Å²) in [7, 11) is 1.43. The summed E-state index contributed by atoms with van der Waals surface area (Å²) in [5.74, 6) is -0.376. The maximum Gasteiger partial charge on any atom is 0.174 e. The molecule has 1 aliphatic rings. The zero-order chi connectivity index (χ0) is 15.9. The van der Waals surface area contributed by atoms with E-state index < -0.39 is 6.10 Å². The Morgan fingerprint density at radius 2 is 1.91 bits per heavy atom. The van der Waals surface area contributed by atoms with Gasteiger partial charge in [0.1, 0.15) is 28.9 Å². The molecule has 0 aliphatic carbocycles. The number of hydrogen-bond donors (Lipinski definition) is 3. The first-order valence-corrected chi connectivity index (χ1v) is 6.62. The van der Waals surface area contributed by atoms with E-state index in [-0.39, 0.29) is 46.5 Å². The lowest BCUT2D eigenvalue weighted by molar-refractivity contribution is 0.0844. The molecule has 114 valence electrons. The molecule has 2 aromatic carbocycles. The number of carbonyl (C=O) groups is 1. The lowest BCUT2D eigenvalue weighted by Crippen LogP contribution is -2.20. The van der Waals surface area contributed by atoms with Gasteiger partial charge in [-0.25, -0.2) is 0 Å². The molecule has 6 heteroatoms. The van der Waals surface area contributed by atoms with Crippen molar-refractivity contribution in [2.45, 2.75) is 12.5 Å². The zero-order valence-electron chi connectivity index (χ0n) is 11.7. The molecule has 0 amide bonds. The summed E-state index contributed by atoms with van der Waals surface area (Å²) in [4.78, 5) is 12.2. The second-order valence-electron chi connectivity index (χ2n) is 5.00. The number of phenols is 3. The van der Waals surface area contributed by atoms with Crippen LogP contribution in [0.1, 0.15) is 28.4 Å². The van der Waals surface area contributed by atoms with E-state index in [4.69, 9.17) is 9.47 Å². The molecule has 0 saturated heterocycles. The van der Waals surface area contributed by atoms with Crippen LogP contribution in [0, 0.1) is 0 Å². The minimum absolute atomic E-state index is 0.0101. The number of hydrogen-bond acceptors (Lipinski definition) is 6. The standard InChI is InChI=1S/C16H14O6/c1-21-14-4-8(2-3-10(14)18)13-7-12(20)16-11(19)5-9(17)6-15(16)22-13/h2-6,13,17-19H,7H2,1H3/t13-/m1/s1. The summed E-state index contributed by atoms with van der Waals surface area (Å²) in [6, 6.07) is 7.06. The van der Waals surface area contributed by atoms with Crippen molar-refractivity contribution in [3.8, 4) is 28.7 Å². The minimum Gasteiger partial charge on any atom is -0.508 e. The Bertz CT molecular complexity index is 753. The van der Waals surface area contributed by atoms with Crippen LogP contribution >= 0.6 is 0 Å². The zero-order valence-corrected chi connectivity index (χ0v) is 11.7. The van der Waals surface area contributed by atoms with Gasteiger partial charge >= 0.3 is 0 Å². The van der Waals surface area contributed by atoms with Gasteiger partial charge in [0.2, 0.25) is 0 Å². The smallest absolute Gasteiger partial charge is 0.174 e. The third kappa shape index (κ3) is 2.28. The fourth-order valence-corrected chi connectivity index (χ4v) is 2.51. The second-order valence-corrected chi connectivity index (χ2v) is 5.00. The molecule has 3 N–H and O–H groups in total. The third-order valence-electron chi connectivity index (χ3n) is 3.56. The van der Waals surface area contributed by atoms with Gasteiger partial charge in [-0.1, -0.05) is 6.07 Å². The minimum atomic E-state index is -0.587. The predicted octanol–water partition coefficient (Wildman–Crippen LogP) is 2.52. The summed E-state index contributed by atoms with van der Waals surface area (Å²) in [6.45, 7) is 0. The largest absolute Gasteiger partial charge is 0.508 e. The van der Waals surface area contributed by atoms with Crippen molar-refractivity contribution in [2.75, 3.05) is 7.11 Å². The van der Waals surface area contributed by atoms with Crippen molar-refractivity contribution in [1.82, 2.24) is 0 Å². The molecule has 1 atom stereocenters. The van der Waals surface area contributed by atoms with Crippen LogP contribution in [0.25, 0.3) is 0 Å². The molecule has 1 heterocycles. The number of carbonyl (C=O) groups excluding carboxylic acids is 1. The van der Waals surface area contributed by atoms with Crippen LogP contribution < -0.4 is 9.47 Å². The van der Waals surface area contributed by atoms with E-state index in [0.29, 0.717) is 5.56 Å². The lowest BCUT2D eigenvalue weighted by atomic mass is 9.95. The topological polar surface area (TPSA) is 96.2 Å². The number of rotatable bonds is 2. The molecule has 0 bridgehead atoms. The molecule has 0 spiro atoms. The fourth-order valence-electron chi connectivity index (χ4n) is 2.51. The molecule has 0 radical (unpaired) electrons. The maximum atomic E-state index is 12.2. The number of benzene rings is 2. The average molecular weight is 302 g/mol. The average Bonchev–Trinajstić information content (AvgIpc) is 2.46. The van der Waals surface area contributed by atoms with Crippen molar-refractivity contribution >= 4 is 5.78 Å². The number of aromatic hydroxyl groups is 3. The van der Waals surface area contributed by atoms with Crippen molar-refractivity contribution < 1.29 is 29.6 Å². The van der Waals surface area contributed by atoms with Gasteiger partial charge in [-0.3, -0.25) is 4.79 Å². The molecular weight excluding hydrogens is 288 g/mol. The van der Waals surface area contributed by atoms with Gasteiger partial charge in [0.25, 0.3) is 0 Å². The van der Waals surface area contributed by atoms with E-state index in [1.54, 1.807) is 12.1 Å². The molecule has 0 unspecified atom stereocenters. The summed E-state index contributed by atoms with van der Waals surface area (Å²) < 4.78 is 10.8. The lowest BCUT2D eigenvalue weighted by Gasteiger charge is -2.26. The highest BCUT2D eigenvalue weighted by Gasteiger charge is 2.31. The number of fused-ring (bicyclic) bond motifs is 1. The first kappa shape index (κ1) is 14.1. The first-order valence-electron chi connectivity index (χ1n) is 6.62. The highest BCUT2D eigenvalue weighted by Crippen LogP contribution is 2.42. The third-order valence-corrected chi connectivity index (χ3v) is 3.56. The highest BCUT2D eigenvalue weighted by molar-refractivity contribution is 6.02. The van der Waals surface area contributed by atoms with Gasteiger partial charge < -0.3 is 24.8 Å². The fraction of sp³-hybridized carbons (Fsp3) is 0.188. The van der Waals surface area contributed by atoms with Gasteiger partial charge in [-0.05, 0) is 17.7 Å². The molecule has 22 heavy (non-hydrogen) atoms. The molecule has 0 aromatic heterocycles. The van der Waals surface area contributed by atoms with Crippen LogP contribution in [0.5, 0.6) is 28.7 Å². The van der Waals surface area contributed by atoms with Crippen LogP contribution in [0.3, 0.4) is 0 Å². The normalized spacial score (nSPS) is 16.8. The number of ether oxygens (including phenoxy) is 2. The Hall–Kier alpha value is -2.89. The molecule has 2 aromatic rings. The monoisotopic (exact) mass is 302 g/mol. The summed E-state index contributed by atoms with van der Waals surface area (Å²) >= 11 is 0. The van der Waals surface area contributed by atoms with Gasteiger partial charge in [0.05, 0.1) is 13.5 Å². The van der Waals surface area contributed by atoms with E-state index in [1.807, 2.05) is 0 Å². The molecule has 3 rings (SSSR count). The van der Waals surface area contributed by atoms with Gasteiger partial charge in [0.15, 0.2) is 17.3 Å². The van der Waals surface area contributed by atoms with Crippen molar-refractivity contribution in [2.24, 2.45) is 0 Å². The Morgan fingerprint density at radius 3 is 2.64 bits per heavy atom. The Balaban J connectivity index is 2.00. The molecule has 1 aliphatic heterocycles. The van der Waals surface area contributed by atoms with Crippen molar-refractivity contribution in [3.05, 3.63) is 41.5 Å². The van der Waals surface area contributed by atoms with E-state index in [9.17, 15) is 20.1 Å². The predicted molar refractivity (Wildman–Crippen MR) is 76.7 cm³/mol. The van der Waals surface area contributed by atoms with Crippen molar-refractivity contribution in [3.63, 3.8) is 0 Å². The maximum absolute atomic E-state index is 12.2. The quantitative estimate of drug-likeness (QED) is 0.789. The van der Waals surface area contributed by atoms with Gasteiger partial charge in [0, 0.05) is 12.1 Å². The molecule has 0 fully saturated rings. The van der Waals surface area contributed by atoms with E-state index in [1.165, 1.54) is 19.2 Å². The highest BCUT2D eigenvalue weighted by atomic mass is 16.5. The van der Waals surface area contributed by atoms with Crippen LogP contribution in [-0.4, -0.2) is 28.2 Å². The van der Waals surface area contributed by atoms with Crippen LogP contribution in [-0.2, 0) is 0 Å². The Labute approximate surface area is 126 Å². The van der Waals surface area contributed by atoms with Crippen LogP contribution in [0.15, 0.2) is 30.3 Å². The summed E-state index contributed by atoms with van der Waals surface area (Å²) in [5, 5.41) is 28.9. The molecule has 0 saturated carbocycles. The molecular formula is C16H14O6. The number of phenolic OH excluding ortho intramolecular Hbond substituents is 3. The second kappa shape index (κ2) is 5.14. The molecule has 6 nitrogen and oxygen atoms in total. The first-order chi connectivity index (χ1) is 10.5. The van der Waals surface area contributed by atoms with E-state index >= 15 is 0 Å². The SMILES string of the molecule is COc1cc([C@H]2CC(=O)c3c(O)cc(O)cc3O2)ccc1O. The summed E-state index contributed by atoms with van der Waals surface area (Å²) in [5.41, 5.74) is 0.719. The number of Topliss-reactive ketones (excluding diaryl/α,β-unsaturated/α-hetero) is 1.